The van der Waals surface area contributed by atoms with Gasteiger partial charge in [0.05, 0.1) is 12.2 Å². The molecular formula is C26H39F2NO2. The second-order valence-corrected chi connectivity index (χ2v) is 10.4. The quantitative estimate of drug-likeness (QED) is 0.567. The molecule has 1 N–H and O–H groups in total. The molecular weight excluding hydrogens is 396 g/mol. The van der Waals surface area contributed by atoms with Crippen molar-refractivity contribution >= 4 is 0 Å². The molecule has 4 unspecified atom stereocenters. The Balaban J connectivity index is 1.36. The lowest BCUT2D eigenvalue weighted by Crippen LogP contribution is -2.35. The number of ether oxygens (including phenoxy) is 1. The van der Waals surface area contributed by atoms with Gasteiger partial charge in [0.15, 0.2) is 0 Å². The van der Waals surface area contributed by atoms with Gasteiger partial charge in [0.1, 0.15) is 0 Å². The molecule has 4 rings (SSSR count). The lowest BCUT2D eigenvalue weighted by molar-refractivity contribution is -0.158. The molecule has 0 spiro atoms. The van der Waals surface area contributed by atoms with Gasteiger partial charge in [-0.15, -0.1) is 0 Å². The van der Waals surface area contributed by atoms with Crippen LogP contribution in [0.15, 0.2) is 35.5 Å². The molecule has 0 amide bonds. The molecule has 0 radical (unpaired) electrons. The summed E-state index contributed by atoms with van der Waals surface area (Å²) in [7, 11) is 0. The van der Waals surface area contributed by atoms with Gasteiger partial charge in [0.25, 0.3) is 0 Å². The Morgan fingerprint density at radius 1 is 1.19 bits per heavy atom. The van der Waals surface area contributed by atoms with Crippen LogP contribution in [0.4, 0.5) is 8.78 Å². The van der Waals surface area contributed by atoms with Crippen molar-refractivity contribution in [3.8, 4) is 0 Å². The molecule has 31 heavy (non-hydrogen) atoms. The van der Waals surface area contributed by atoms with Crippen LogP contribution >= 0.6 is 0 Å². The summed E-state index contributed by atoms with van der Waals surface area (Å²) >= 11 is 0. The van der Waals surface area contributed by atoms with Gasteiger partial charge in [-0.3, -0.25) is 0 Å². The third-order valence-electron chi connectivity index (χ3n) is 8.72. The SMILES string of the molecule is C=C1/C(=C\C=C2/CCCC3(C)C2CC[C@@H]3CCN2CCC(OC(F)F)C2)CCCC1O. The van der Waals surface area contributed by atoms with E-state index in [1.54, 1.807) is 5.57 Å². The van der Waals surface area contributed by atoms with Crippen molar-refractivity contribution in [2.75, 3.05) is 19.6 Å². The van der Waals surface area contributed by atoms with E-state index in [2.05, 4.69) is 30.6 Å². The van der Waals surface area contributed by atoms with E-state index >= 15 is 0 Å². The zero-order chi connectivity index (χ0) is 22.0. The topological polar surface area (TPSA) is 32.7 Å². The lowest BCUT2D eigenvalue weighted by atomic mass is 9.63. The minimum atomic E-state index is -2.66. The van der Waals surface area contributed by atoms with Crippen LogP contribution in [0.5, 0.6) is 0 Å². The minimum absolute atomic E-state index is 0.308. The molecule has 3 nitrogen and oxygen atoms in total. The predicted molar refractivity (Wildman–Crippen MR) is 120 cm³/mol. The summed E-state index contributed by atoms with van der Waals surface area (Å²) in [5.74, 6) is 1.36. The summed E-state index contributed by atoms with van der Waals surface area (Å²) in [6.45, 7) is 6.46. The van der Waals surface area contributed by atoms with Crippen molar-refractivity contribution in [1.29, 1.82) is 0 Å². The van der Waals surface area contributed by atoms with E-state index in [0.29, 0.717) is 23.8 Å². The van der Waals surface area contributed by atoms with Crippen molar-refractivity contribution in [2.45, 2.75) is 90.0 Å². The number of hydrogen-bond acceptors (Lipinski definition) is 3. The predicted octanol–water partition coefficient (Wildman–Crippen LogP) is 5.86. The van der Waals surface area contributed by atoms with Gasteiger partial charge < -0.3 is 14.7 Å². The fraction of sp³-hybridized carbons (Fsp3) is 0.769. The van der Waals surface area contributed by atoms with E-state index < -0.39 is 6.61 Å². The van der Waals surface area contributed by atoms with Crippen LogP contribution in [-0.4, -0.2) is 48.5 Å². The first kappa shape index (κ1) is 23.1. The number of allylic oxidation sites excluding steroid dienone is 3. The summed E-state index contributed by atoms with van der Waals surface area (Å²) in [5.41, 5.74) is 4.07. The number of aliphatic hydroxyl groups excluding tert-OH is 1. The fourth-order valence-corrected chi connectivity index (χ4v) is 6.85. The average molecular weight is 436 g/mol. The third-order valence-corrected chi connectivity index (χ3v) is 8.72. The molecule has 4 fully saturated rings. The summed E-state index contributed by atoms with van der Waals surface area (Å²) in [6.07, 6.45) is 14.9. The molecule has 0 aromatic heterocycles. The highest BCUT2D eigenvalue weighted by atomic mass is 19.3. The van der Waals surface area contributed by atoms with Crippen LogP contribution < -0.4 is 0 Å². The summed E-state index contributed by atoms with van der Waals surface area (Å²) in [5, 5.41) is 10.1. The van der Waals surface area contributed by atoms with Crippen LogP contribution in [0.2, 0.25) is 0 Å². The van der Waals surface area contributed by atoms with Crippen LogP contribution in [0.3, 0.4) is 0 Å². The number of nitrogens with zero attached hydrogens (tertiary/aromatic N) is 1. The third kappa shape index (κ3) is 5.15. The first-order chi connectivity index (χ1) is 14.9. The molecule has 3 aliphatic carbocycles. The number of alkyl halides is 2. The molecule has 0 aromatic carbocycles. The van der Waals surface area contributed by atoms with E-state index in [1.807, 2.05) is 0 Å². The van der Waals surface area contributed by atoms with E-state index in [9.17, 15) is 13.9 Å². The van der Waals surface area contributed by atoms with Crippen molar-refractivity contribution in [3.05, 3.63) is 35.5 Å². The fourth-order valence-electron chi connectivity index (χ4n) is 6.85. The van der Waals surface area contributed by atoms with Crippen molar-refractivity contribution in [1.82, 2.24) is 4.90 Å². The molecule has 1 aliphatic heterocycles. The van der Waals surface area contributed by atoms with Gasteiger partial charge in [-0.1, -0.05) is 31.2 Å². The average Bonchev–Trinajstić information content (AvgIpc) is 3.30. The highest BCUT2D eigenvalue weighted by Gasteiger charge is 2.48. The zero-order valence-electron chi connectivity index (χ0n) is 19.0. The maximum Gasteiger partial charge on any atom is 0.345 e. The number of fused-ring (bicyclic) bond motifs is 1. The summed E-state index contributed by atoms with van der Waals surface area (Å²) in [4.78, 5) is 2.31. The Morgan fingerprint density at radius 3 is 2.84 bits per heavy atom. The molecule has 174 valence electrons. The van der Waals surface area contributed by atoms with Gasteiger partial charge in [-0.25, -0.2) is 0 Å². The van der Waals surface area contributed by atoms with Crippen molar-refractivity contribution in [2.24, 2.45) is 17.3 Å². The highest BCUT2D eigenvalue weighted by molar-refractivity contribution is 5.37. The molecule has 5 heteroatoms. The maximum atomic E-state index is 12.5. The molecule has 1 saturated heterocycles. The standard InChI is InChI=1S/C26H39F2NO2/c1-18-19(5-3-7-24(18)30)8-9-20-6-4-14-26(2)21(10-11-23(20)26)12-15-29-16-13-22(17-29)31-25(27)28/h8-9,21-25,30H,1,3-7,10-17H2,2H3/b19-8-,20-9+/t21-,22?,23?,24?,26?/m1/s1. The molecule has 3 saturated carbocycles. The van der Waals surface area contributed by atoms with E-state index in [4.69, 9.17) is 4.74 Å². The van der Waals surface area contributed by atoms with Gasteiger partial charge in [-0.2, -0.15) is 8.78 Å². The van der Waals surface area contributed by atoms with Gasteiger partial charge in [-0.05, 0) is 99.1 Å². The van der Waals surface area contributed by atoms with Crippen molar-refractivity contribution < 1.29 is 18.6 Å². The number of hydrogen-bond donors (Lipinski definition) is 1. The zero-order valence-corrected chi connectivity index (χ0v) is 19.0. The molecule has 5 atom stereocenters. The Morgan fingerprint density at radius 2 is 2.03 bits per heavy atom. The first-order valence-electron chi connectivity index (χ1n) is 12.3. The van der Waals surface area contributed by atoms with Crippen LogP contribution in [0, 0.1) is 17.3 Å². The van der Waals surface area contributed by atoms with Gasteiger partial charge in [0, 0.05) is 13.1 Å². The van der Waals surface area contributed by atoms with E-state index in [0.717, 1.165) is 50.8 Å². The number of rotatable bonds is 6. The summed E-state index contributed by atoms with van der Waals surface area (Å²) in [6, 6.07) is 0. The largest absolute Gasteiger partial charge is 0.388 e. The Kier molecular flexibility index (Phi) is 7.34. The minimum Gasteiger partial charge on any atom is -0.388 e. The number of aliphatic hydroxyl groups is 1. The highest BCUT2D eigenvalue weighted by Crippen LogP contribution is 2.58. The van der Waals surface area contributed by atoms with Gasteiger partial charge >= 0.3 is 6.61 Å². The van der Waals surface area contributed by atoms with Crippen LogP contribution in [-0.2, 0) is 4.74 Å². The summed E-state index contributed by atoms with van der Waals surface area (Å²) < 4.78 is 29.7. The second-order valence-electron chi connectivity index (χ2n) is 10.4. The number of likely N-dealkylation sites (tertiary alicyclic amines) is 1. The Bertz CT molecular complexity index is 718. The van der Waals surface area contributed by atoms with Crippen LogP contribution in [0.1, 0.15) is 71.1 Å². The normalized spacial score (nSPS) is 39.7. The second kappa shape index (κ2) is 9.84. The smallest absolute Gasteiger partial charge is 0.345 e. The Labute approximate surface area is 186 Å². The molecule has 0 bridgehead atoms. The number of halogens is 2. The van der Waals surface area contributed by atoms with E-state index in [-0.39, 0.29) is 12.2 Å². The maximum absolute atomic E-state index is 12.5. The Hall–Kier alpha value is -1.04. The van der Waals surface area contributed by atoms with Crippen LogP contribution in [0.25, 0.3) is 0 Å². The monoisotopic (exact) mass is 435 g/mol. The molecule has 0 aromatic rings. The lowest BCUT2D eigenvalue weighted by Gasteiger charge is -2.43. The molecule has 1 heterocycles. The van der Waals surface area contributed by atoms with Crippen molar-refractivity contribution in [3.63, 3.8) is 0 Å². The van der Waals surface area contributed by atoms with Gasteiger partial charge in [0.2, 0.25) is 0 Å². The first-order valence-corrected chi connectivity index (χ1v) is 12.3. The molecule has 4 aliphatic rings. The van der Waals surface area contributed by atoms with E-state index in [1.165, 1.54) is 37.7 Å².